The predicted molar refractivity (Wildman–Crippen MR) is 95.6 cm³/mol. The molecule has 0 saturated carbocycles. The fourth-order valence-electron chi connectivity index (χ4n) is 3.74. The Labute approximate surface area is 143 Å². The fourth-order valence-corrected chi connectivity index (χ4v) is 3.74. The molecular weight excluding hydrogens is 302 g/mol. The highest BCUT2D eigenvalue weighted by molar-refractivity contribution is 5.57. The average Bonchev–Trinajstić information content (AvgIpc) is 2.59. The summed E-state index contributed by atoms with van der Waals surface area (Å²) in [4.78, 5) is 0. The van der Waals surface area contributed by atoms with E-state index in [4.69, 9.17) is 14.2 Å². The molecule has 1 atom stereocenters. The molecule has 2 aromatic rings. The van der Waals surface area contributed by atoms with Crippen LogP contribution in [0.15, 0.2) is 24.3 Å². The Morgan fingerprint density at radius 2 is 1.67 bits per heavy atom. The number of ether oxygens (including phenoxy) is 3. The molecule has 0 amide bonds. The van der Waals surface area contributed by atoms with Gasteiger partial charge in [-0.3, -0.25) is 0 Å². The number of rotatable bonds is 4. The van der Waals surface area contributed by atoms with Gasteiger partial charge in [-0.25, -0.2) is 0 Å². The van der Waals surface area contributed by atoms with E-state index in [-0.39, 0.29) is 6.04 Å². The lowest BCUT2D eigenvalue weighted by atomic mass is 9.87. The molecule has 0 saturated heterocycles. The normalized spacial score (nSPS) is 16.5. The summed E-state index contributed by atoms with van der Waals surface area (Å²) in [5.74, 6) is 2.56. The maximum absolute atomic E-state index is 5.70. The summed E-state index contributed by atoms with van der Waals surface area (Å²) in [6.07, 6.45) is 0.916. The van der Waals surface area contributed by atoms with Crippen LogP contribution < -0.4 is 19.5 Å². The van der Waals surface area contributed by atoms with Gasteiger partial charge in [-0.15, -0.1) is 0 Å². The average molecular weight is 327 g/mol. The van der Waals surface area contributed by atoms with Gasteiger partial charge in [0.25, 0.3) is 0 Å². The molecule has 2 aromatic carbocycles. The Morgan fingerprint density at radius 3 is 2.33 bits per heavy atom. The second-order valence-electron chi connectivity index (χ2n) is 6.21. The molecule has 0 aliphatic carbocycles. The summed E-state index contributed by atoms with van der Waals surface area (Å²) in [7, 11) is 5.11. The molecule has 1 unspecified atom stereocenters. The van der Waals surface area contributed by atoms with E-state index in [9.17, 15) is 0 Å². The summed E-state index contributed by atoms with van der Waals surface area (Å²) >= 11 is 0. The zero-order valence-corrected chi connectivity index (χ0v) is 15.0. The third-order valence-corrected chi connectivity index (χ3v) is 4.68. The minimum atomic E-state index is 0.0853. The van der Waals surface area contributed by atoms with Crippen LogP contribution in [0.1, 0.15) is 33.9 Å². The van der Waals surface area contributed by atoms with Gasteiger partial charge in [0.15, 0.2) is 11.5 Å². The van der Waals surface area contributed by atoms with Crippen molar-refractivity contribution in [1.29, 1.82) is 0 Å². The molecule has 1 N–H and O–H groups in total. The van der Waals surface area contributed by atoms with E-state index in [1.165, 1.54) is 22.3 Å². The largest absolute Gasteiger partial charge is 0.496 e. The fraction of sp³-hybridized carbons (Fsp3) is 0.400. The lowest BCUT2D eigenvalue weighted by Crippen LogP contribution is -2.31. The summed E-state index contributed by atoms with van der Waals surface area (Å²) < 4.78 is 16.8. The van der Waals surface area contributed by atoms with Crippen molar-refractivity contribution >= 4 is 0 Å². The standard InChI is InChI=1S/C20H25NO3/c1-12-10-13(2)19(23-4)16(11-12)18-14-6-7-17(22-3)20(24-5)15(14)8-9-21-18/h6-7,10-11,18,21H,8-9H2,1-5H3. The highest BCUT2D eigenvalue weighted by atomic mass is 16.5. The van der Waals surface area contributed by atoms with Crippen molar-refractivity contribution in [2.45, 2.75) is 26.3 Å². The van der Waals surface area contributed by atoms with E-state index in [1.54, 1.807) is 21.3 Å². The lowest BCUT2D eigenvalue weighted by Gasteiger charge is -2.30. The van der Waals surface area contributed by atoms with E-state index >= 15 is 0 Å². The van der Waals surface area contributed by atoms with Crippen molar-refractivity contribution in [3.63, 3.8) is 0 Å². The minimum Gasteiger partial charge on any atom is -0.496 e. The molecule has 0 bridgehead atoms. The molecule has 0 spiro atoms. The first kappa shape index (κ1) is 16.7. The van der Waals surface area contributed by atoms with Crippen LogP contribution in [0.5, 0.6) is 17.2 Å². The van der Waals surface area contributed by atoms with E-state index in [0.29, 0.717) is 0 Å². The predicted octanol–water partition coefficient (Wildman–Crippen LogP) is 3.56. The second kappa shape index (κ2) is 6.73. The molecule has 1 aliphatic rings. The van der Waals surface area contributed by atoms with Gasteiger partial charge in [0.1, 0.15) is 5.75 Å². The summed E-state index contributed by atoms with van der Waals surface area (Å²) in [5.41, 5.74) is 5.99. The number of hydrogen-bond acceptors (Lipinski definition) is 4. The Bertz CT molecular complexity index is 755. The number of nitrogens with one attached hydrogen (secondary N) is 1. The van der Waals surface area contributed by atoms with Crippen LogP contribution in [0.3, 0.4) is 0 Å². The third-order valence-electron chi connectivity index (χ3n) is 4.68. The number of benzene rings is 2. The SMILES string of the molecule is COc1ccc2c(c1OC)CCNC2c1cc(C)cc(C)c1OC. The van der Waals surface area contributed by atoms with Gasteiger partial charge >= 0.3 is 0 Å². The Morgan fingerprint density at radius 1 is 0.917 bits per heavy atom. The molecule has 4 nitrogen and oxygen atoms in total. The maximum Gasteiger partial charge on any atom is 0.164 e. The molecular formula is C20H25NO3. The number of methoxy groups -OCH3 is 3. The quantitative estimate of drug-likeness (QED) is 0.932. The van der Waals surface area contributed by atoms with Gasteiger partial charge in [0.2, 0.25) is 0 Å². The van der Waals surface area contributed by atoms with Gasteiger partial charge < -0.3 is 19.5 Å². The van der Waals surface area contributed by atoms with Crippen LogP contribution in [-0.2, 0) is 6.42 Å². The van der Waals surface area contributed by atoms with Gasteiger partial charge in [-0.05, 0) is 37.5 Å². The first-order chi connectivity index (χ1) is 11.6. The van der Waals surface area contributed by atoms with Crippen LogP contribution >= 0.6 is 0 Å². The molecule has 0 radical (unpaired) electrons. The molecule has 3 rings (SSSR count). The molecule has 1 heterocycles. The first-order valence-electron chi connectivity index (χ1n) is 8.23. The summed E-state index contributed by atoms with van der Waals surface area (Å²) in [6, 6.07) is 8.55. The summed E-state index contributed by atoms with van der Waals surface area (Å²) in [6.45, 7) is 5.10. The topological polar surface area (TPSA) is 39.7 Å². The van der Waals surface area contributed by atoms with Gasteiger partial charge in [0, 0.05) is 17.7 Å². The van der Waals surface area contributed by atoms with Crippen LogP contribution in [0.2, 0.25) is 0 Å². The van der Waals surface area contributed by atoms with Crippen LogP contribution in [0.25, 0.3) is 0 Å². The zero-order valence-electron chi connectivity index (χ0n) is 15.0. The molecule has 1 aliphatic heterocycles. The van der Waals surface area contributed by atoms with Crippen molar-refractivity contribution in [3.05, 3.63) is 52.1 Å². The Balaban J connectivity index is 2.18. The number of fused-ring (bicyclic) bond motifs is 1. The van der Waals surface area contributed by atoms with Gasteiger partial charge in [0.05, 0.1) is 27.4 Å². The van der Waals surface area contributed by atoms with Gasteiger partial charge in [-0.1, -0.05) is 23.8 Å². The van der Waals surface area contributed by atoms with Crippen LogP contribution in [-0.4, -0.2) is 27.9 Å². The first-order valence-corrected chi connectivity index (χ1v) is 8.23. The van der Waals surface area contributed by atoms with Crippen molar-refractivity contribution in [2.24, 2.45) is 0 Å². The zero-order chi connectivity index (χ0) is 17.3. The highest BCUT2D eigenvalue weighted by Gasteiger charge is 2.28. The molecule has 0 aromatic heterocycles. The Hall–Kier alpha value is -2.20. The van der Waals surface area contributed by atoms with E-state index in [2.05, 4.69) is 37.4 Å². The lowest BCUT2D eigenvalue weighted by molar-refractivity contribution is 0.348. The van der Waals surface area contributed by atoms with Crippen LogP contribution in [0, 0.1) is 13.8 Å². The summed E-state index contributed by atoms with van der Waals surface area (Å²) in [5, 5.41) is 3.63. The van der Waals surface area contributed by atoms with Crippen molar-refractivity contribution < 1.29 is 14.2 Å². The molecule has 128 valence electrons. The minimum absolute atomic E-state index is 0.0853. The number of hydrogen-bond donors (Lipinski definition) is 1. The van der Waals surface area contributed by atoms with E-state index in [1.807, 2.05) is 6.07 Å². The maximum atomic E-state index is 5.70. The molecule has 4 heteroatoms. The van der Waals surface area contributed by atoms with Crippen molar-refractivity contribution in [1.82, 2.24) is 5.32 Å². The Kier molecular flexibility index (Phi) is 4.67. The number of aryl methyl sites for hydroxylation is 2. The highest BCUT2D eigenvalue weighted by Crippen LogP contribution is 2.42. The third kappa shape index (κ3) is 2.71. The van der Waals surface area contributed by atoms with Gasteiger partial charge in [-0.2, -0.15) is 0 Å². The molecule has 0 fully saturated rings. The van der Waals surface area contributed by atoms with Crippen LogP contribution in [0.4, 0.5) is 0 Å². The smallest absolute Gasteiger partial charge is 0.164 e. The second-order valence-corrected chi connectivity index (χ2v) is 6.21. The molecule has 24 heavy (non-hydrogen) atoms. The monoisotopic (exact) mass is 327 g/mol. The van der Waals surface area contributed by atoms with Crippen molar-refractivity contribution in [2.75, 3.05) is 27.9 Å². The van der Waals surface area contributed by atoms with Crippen molar-refractivity contribution in [3.8, 4) is 17.2 Å². The van der Waals surface area contributed by atoms with E-state index in [0.717, 1.165) is 35.8 Å². The van der Waals surface area contributed by atoms with E-state index < -0.39 is 0 Å².